The highest BCUT2D eigenvalue weighted by molar-refractivity contribution is 7.09. The van der Waals surface area contributed by atoms with Crippen LogP contribution < -0.4 is 5.32 Å². The van der Waals surface area contributed by atoms with Crippen LogP contribution in [0.15, 0.2) is 11.6 Å². The Bertz CT molecular complexity index is 303. The summed E-state index contributed by atoms with van der Waals surface area (Å²) < 4.78 is 0. The van der Waals surface area contributed by atoms with Crippen LogP contribution >= 0.6 is 11.3 Å². The maximum Gasteiger partial charge on any atom is 0.113 e. The number of rotatable bonds is 5. The fraction of sp³-hybridized carbons (Fsp3) is 0.750. The number of thiazole rings is 1. The number of hydrogen-bond donors (Lipinski definition) is 1. The summed E-state index contributed by atoms with van der Waals surface area (Å²) >= 11 is 1.79. The lowest BCUT2D eigenvalue weighted by molar-refractivity contribution is 0.252. The molecule has 2 nitrogen and oxygen atoms in total. The van der Waals surface area contributed by atoms with E-state index in [0.717, 1.165) is 12.3 Å². The lowest BCUT2D eigenvalue weighted by atomic mass is 9.90. The topological polar surface area (TPSA) is 24.9 Å². The third-order valence-corrected chi connectivity index (χ3v) is 4.14. The SMILES string of the molecule is CCC(NC(C)C)(c1nccs1)C1CC1. The second kappa shape index (κ2) is 4.22. The molecule has 1 aliphatic rings. The summed E-state index contributed by atoms with van der Waals surface area (Å²) in [5.41, 5.74) is 0.155. The fourth-order valence-electron chi connectivity index (χ4n) is 2.43. The van der Waals surface area contributed by atoms with Crippen molar-refractivity contribution in [3.63, 3.8) is 0 Å². The van der Waals surface area contributed by atoms with Crippen LogP contribution in [0.2, 0.25) is 0 Å². The van der Waals surface area contributed by atoms with Gasteiger partial charge in [0, 0.05) is 17.6 Å². The predicted molar refractivity (Wildman–Crippen MR) is 65.1 cm³/mol. The number of nitrogens with zero attached hydrogens (tertiary/aromatic N) is 1. The molecule has 0 saturated heterocycles. The lowest BCUT2D eigenvalue weighted by Crippen LogP contribution is -2.47. The third kappa shape index (κ3) is 2.08. The molecule has 1 aromatic heterocycles. The lowest BCUT2D eigenvalue weighted by Gasteiger charge is -2.34. The van der Waals surface area contributed by atoms with E-state index < -0.39 is 0 Å². The van der Waals surface area contributed by atoms with Crippen LogP contribution in [-0.4, -0.2) is 11.0 Å². The Hall–Kier alpha value is -0.410. The van der Waals surface area contributed by atoms with Crippen molar-refractivity contribution in [3.8, 4) is 0 Å². The van der Waals surface area contributed by atoms with Crippen LogP contribution in [0.5, 0.6) is 0 Å². The molecule has 0 aliphatic heterocycles. The minimum absolute atomic E-state index is 0.155. The molecule has 1 unspecified atom stereocenters. The molecule has 1 heterocycles. The van der Waals surface area contributed by atoms with Gasteiger partial charge < -0.3 is 5.32 Å². The summed E-state index contributed by atoms with van der Waals surface area (Å²) in [4.78, 5) is 4.53. The maximum absolute atomic E-state index is 4.53. The molecule has 0 radical (unpaired) electrons. The molecule has 1 aromatic rings. The highest BCUT2D eigenvalue weighted by atomic mass is 32.1. The van der Waals surface area contributed by atoms with Gasteiger partial charge in [0.05, 0.1) is 5.54 Å². The summed E-state index contributed by atoms with van der Waals surface area (Å²) in [6.45, 7) is 6.72. The van der Waals surface area contributed by atoms with Gasteiger partial charge in [0.2, 0.25) is 0 Å². The molecule has 2 rings (SSSR count). The molecule has 0 bridgehead atoms. The fourth-order valence-corrected chi connectivity index (χ4v) is 3.38. The van der Waals surface area contributed by atoms with E-state index in [1.54, 1.807) is 11.3 Å². The van der Waals surface area contributed by atoms with E-state index in [2.05, 4.69) is 36.5 Å². The molecule has 1 aliphatic carbocycles. The number of aromatic nitrogens is 1. The largest absolute Gasteiger partial charge is 0.303 e. The van der Waals surface area contributed by atoms with Crippen molar-refractivity contribution >= 4 is 11.3 Å². The van der Waals surface area contributed by atoms with E-state index in [9.17, 15) is 0 Å². The monoisotopic (exact) mass is 224 g/mol. The van der Waals surface area contributed by atoms with Crippen molar-refractivity contribution in [2.24, 2.45) is 5.92 Å². The Kier molecular flexibility index (Phi) is 3.12. The Morgan fingerprint density at radius 1 is 1.60 bits per heavy atom. The minimum atomic E-state index is 0.155. The summed E-state index contributed by atoms with van der Waals surface area (Å²) in [5, 5.41) is 7.12. The van der Waals surface area contributed by atoms with Crippen LogP contribution in [0.4, 0.5) is 0 Å². The van der Waals surface area contributed by atoms with E-state index in [0.29, 0.717) is 6.04 Å². The molecule has 1 fully saturated rings. The number of nitrogens with one attached hydrogen (secondary N) is 1. The summed E-state index contributed by atoms with van der Waals surface area (Å²) in [7, 11) is 0. The molecule has 15 heavy (non-hydrogen) atoms. The van der Waals surface area contributed by atoms with Gasteiger partial charge in [-0.3, -0.25) is 0 Å². The summed E-state index contributed by atoms with van der Waals surface area (Å²) in [6.07, 6.45) is 5.78. The van der Waals surface area contributed by atoms with Crippen LogP contribution in [0.25, 0.3) is 0 Å². The highest BCUT2D eigenvalue weighted by Crippen LogP contribution is 2.48. The Morgan fingerprint density at radius 2 is 2.33 bits per heavy atom. The van der Waals surface area contributed by atoms with Gasteiger partial charge in [0.1, 0.15) is 5.01 Å². The smallest absolute Gasteiger partial charge is 0.113 e. The Balaban J connectivity index is 2.28. The molecule has 0 amide bonds. The van der Waals surface area contributed by atoms with Gasteiger partial charge in [-0.15, -0.1) is 11.3 Å². The van der Waals surface area contributed by atoms with Crippen LogP contribution in [-0.2, 0) is 5.54 Å². The Labute approximate surface area is 96.1 Å². The second-order valence-electron chi connectivity index (χ2n) is 4.74. The molecular weight excluding hydrogens is 204 g/mol. The van der Waals surface area contributed by atoms with Gasteiger partial charge in [0.25, 0.3) is 0 Å². The molecule has 3 heteroatoms. The molecular formula is C12H20N2S. The van der Waals surface area contributed by atoms with Gasteiger partial charge in [-0.1, -0.05) is 6.92 Å². The summed E-state index contributed by atoms with van der Waals surface area (Å²) in [6, 6.07) is 0.523. The van der Waals surface area contributed by atoms with E-state index in [4.69, 9.17) is 0 Å². The average molecular weight is 224 g/mol. The molecule has 0 aromatic carbocycles. The quantitative estimate of drug-likeness (QED) is 0.831. The van der Waals surface area contributed by atoms with Crippen molar-refractivity contribution in [3.05, 3.63) is 16.6 Å². The first-order chi connectivity index (χ1) is 7.19. The van der Waals surface area contributed by atoms with E-state index in [-0.39, 0.29) is 5.54 Å². The van der Waals surface area contributed by atoms with Crippen molar-refractivity contribution in [1.82, 2.24) is 10.3 Å². The Morgan fingerprint density at radius 3 is 2.73 bits per heavy atom. The first-order valence-corrected chi connectivity index (χ1v) is 6.74. The molecule has 0 spiro atoms. The zero-order valence-corrected chi connectivity index (χ0v) is 10.6. The van der Waals surface area contributed by atoms with Crippen molar-refractivity contribution < 1.29 is 0 Å². The van der Waals surface area contributed by atoms with Gasteiger partial charge in [0.15, 0.2) is 0 Å². The molecule has 1 N–H and O–H groups in total. The first-order valence-electron chi connectivity index (χ1n) is 5.86. The zero-order valence-electron chi connectivity index (χ0n) is 9.79. The third-order valence-electron chi connectivity index (χ3n) is 3.19. The predicted octanol–water partition coefficient (Wildman–Crippen LogP) is 3.16. The average Bonchev–Trinajstić information content (AvgIpc) is 2.90. The molecule has 1 atom stereocenters. The van der Waals surface area contributed by atoms with Crippen molar-refractivity contribution in [2.45, 2.75) is 51.6 Å². The van der Waals surface area contributed by atoms with Gasteiger partial charge in [-0.2, -0.15) is 0 Å². The van der Waals surface area contributed by atoms with Gasteiger partial charge >= 0.3 is 0 Å². The van der Waals surface area contributed by atoms with Crippen molar-refractivity contribution in [1.29, 1.82) is 0 Å². The van der Waals surface area contributed by atoms with Crippen LogP contribution in [0.1, 0.15) is 45.0 Å². The minimum Gasteiger partial charge on any atom is -0.303 e. The van der Waals surface area contributed by atoms with Crippen LogP contribution in [0, 0.1) is 5.92 Å². The molecule has 1 saturated carbocycles. The van der Waals surface area contributed by atoms with E-state index in [1.165, 1.54) is 17.8 Å². The van der Waals surface area contributed by atoms with E-state index >= 15 is 0 Å². The van der Waals surface area contributed by atoms with Crippen molar-refractivity contribution in [2.75, 3.05) is 0 Å². The van der Waals surface area contributed by atoms with Gasteiger partial charge in [-0.05, 0) is 39.0 Å². The first kappa shape index (κ1) is 11.1. The maximum atomic E-state index is 4.53. The zero-order chi connectivity index (χ0) is 10.9. The summed E-state index contributed by atoms with van der Waals surface area (Å²) in [5.74, 6) is 0.802. The highest BCUT2D eigenvalue weighted by Gasteiger charge is 2.46. The van der Waals surface area contributed by atoms with E-state index in [1.807, 2.05) is 6.20 Å². The second-order valence-corrected chi connectivity index (χ2v) is 5.63. The molecule has 84 valence electrons. The number of hydrogen-bond acceptors (Lipinski definition) is 3. The van der Waals surface area contributed by atoms with Gasteiger partial charge in [-0.25, -0.2) is 4.98 Å². The van der Waals surface area contributed by atoms with Crippen LogP contribution in [0.3, 0.4) is 0 Å². The standard InChI is InChI=1S/C12H20N2S/c1-4-12(10-5-6-10,14-9(2)3)11-13-7-8-15-11/h7-10,14H,4-6H2,1-3H3. The normalized spacial score (nSPS) is 20.5.